The van der Waals surface area contributed by atoms with Crippen molar-refractivity contribution >= 4 is 26.7 Å². The summed E-state index contributed by atoms with van der Waals surface area (Å²) in [6.45, 7) is 2.01. The van der Waals surface area contributed by atoms with E-state index in [1.165, 1.54) is 12.1 Å². The smallest absolute Gasteiger partial charge is 0.406 e. The van der Waals surface area contributed by atoms with Crippen molar-refractivity contribution in [1.29, 1.82) is 0 Å². The van der Waals surface area contributed by atoms with E-state index in [0.717, 1.165) is 28.8 Å². The Bertz CT molecular complexity index is 982. The topological polar surface area (TPSA) is 44.1 Å². The van der Waals surface area contributed by atoms with Gasteiger partial charge in [-0.05, 0) is 64.3 Å². The molecule has 2 aromatic carbocycles. The number of halogens is 4. The Morgan fingerprint density at radius 3 is 2.40 bits per heavy atom. The third kappa shape index (κ3) is 3.68. The van der Waals surface area contributed by atoms with Crippen LogP contribution in [-0.4, -0.2) is 16.1 Å². The molecule has 130 valence electrons. The SMILES string of the molecule is CCc1ccc2c(=O)n(-c3ccc(OC(F)(F)F)cc3)nc(Br)c2c1. The van der Waals surface area contributed by atoms with E-state index in [9.17, 15) is 18.0 Å². The lowest BCUT2D eigenvalue weighted by atomic mass is 10.1. The van der Waals surface area contributed by atoms with E-state index >= 15 is 0 Å². The van der Waals surface area contributed by atoms with Gasteiger partial charge in [-0.25, -0.2) is 0 Å². The van der Waals surface area contributed by atoms with E-state index in [1.54, 1.807) is 6.07 Å². The molecule has 0 unspecified atom stereocenters. The highest BCUT2D eigenvalue weighted by atomic mass is 79.9. The molecule has 0 bridgehead atoms. The predicted octanol–water partition coefficient (Wildman–Crippen LogP) is 4.61. The Balaban J connectivity index is 2.07. The first-order chi connectivity index (χ1) is 11.8. The van der Waals surface area contributed by atoms with Gasteiger partial charge in [0.2, 0.25) is 0 Å². The van der Waals surface area contributed by atoms with Gasteiger partial charge >= 0.3 is 6.36 Å². The fourth-order valence-electron chi connectivity index (χ4n) is 2.43. The van der Waals surface area contributed by atoms with Gasteiger partial charge in [-0.15, -0.1) is 13.2 Å². The number of benzene rings is 2. The van der Waals surface area contributed by atoms with Gasteiger partial charge in [-0.2, -0.15) is 9.78 Å². The van der Waals surface area contributed by atoms with Crippen molar-refractivity contribution in [3.63, 3.8) is 0 Å². The minimum absolute atomic E-state index is 0.335. The van der Waals surface area contributed by atoms with Gasteiger partial charge in [0.15, 0.2) is 0 Å². The summed E-state index contributed by atoms with van der Waals surface area (Å²) in [6, 6.07) is 10.4. The third-order valence-electron chi connectivity index (χ3n) is 3.64. The predicted molar refractivity (Wildman–Crippen MR) is 91.1 cm³/mol. The molecule has 0 aliphatic carbocycles. The van der Waals surface area contributed by atoms with Crippen LogP contribution in [0.5, 0.6) is 5.75 Å². The number of rotatable bonds is 3. The van der Waals surface area contributed by atoms with Crippen LogP contribution in [0, 0.1) is 0 Å². The molecular formula is C17H12BrF3N2O2. The number of nitrogens with zero attached hydrogens (tertiary/aromatic N) is 2. The summed E-state index contributed by atoms with van der Waals surface area (Å²) in [6.07, 6.45) is -3.94. The van der Waals surface area contributed by atoms with Gasteiger partial charge in [0.05, 0.1) is 11.1 Å². The van der Waals surface area contributed by atoms with Crippen molar-refractivity contribution < 1.29 is 17.9 Å². The van der Waals surface area contributed by atoms with Crippen molar-refractivity contribution in [2.75, 3.05) is 0 Å². The highest BCUT2D eigenvalue weighted by Crippen LogP contribution is 2.25. The molecule has 0 N–H and O–H groups in total. The maximum atomic E-state index is 12.7. The molecule has 4 nitrogen and oxygen atoms in total. The molecule has 0 saturated heterocycles. The van der Waals surface area contributed by atoms with Gasteiger partial charge in [0, 0.05) is 5.39 Å². The second-order valence-electron chi connectivity index (χ2n) is 5.28. The van der Waals surface area contributed by atoms with Gasteiger partial charge in [0.1, 0.15) is 10.4 Å². The van der Waals surface area contributed by atoms with Crippen LogP contribution >= 0.6 is 15.9 Å². The lowest BCUT2D eigenvalue weighted by molar-refractivity contribution is -0.274. The molecule has 0 aliphatic rings. The molecule has 3 aromatic rings. The van der Waals surface area contributed by atoms with Gasteiger partial charge in [0.25, 0.3) is 5.56 Å². The van der Waals surface area contributed by atoms with Crippen LogP contribution in [0.1, 0.15) is 12.5 Å². The summed E-state index contributed by atoms with van der Waals surface area (Å²) in [5.74, 6) is -0.364. The van der Waals surface area contributed by atoms with E-state index in [2.05, 4.69) is 25.8 Å². The average Bonchev–Trinajstić information content (AvgIpc) is 2.57. The molecule has 0 amide bonds. The van der Waals surface area contributed by atoms with E-state index in [4.69, 9.17) is 0 Å². The number of aromatic nitrogens is 2. The van der Waals surface area contributed by atoms with Crippen LogP contribution in [0.15, 0.2) is 51.9 Å². The molecule has 1 aromatic heterocycles. The zero-order valence-electron chi connectivity index (χ0n) is 13.0. The number of fused-ring (bicyclic) bond motifs is 1. The first-order valence-electron chi connectivity index (χ1n) is 7.36. The summed E-state index contributed by atoms with van der Waals surface area (Å²) < 4.78 is 42.1. The Labute approximate surface area is 149 Å². The van der Waals surface area contributed by atoms with Gasteiger partial charge in [-0.3, -0.25) is 4.79 Å². The van der Waals surface area contributed by atoms with Crippen molar-refractivity contribution in [3.05, 3.63) is 63.0 Å². The minimum Gasteiger partial charge on any atom is -0.406 e. The third-order valence-corrected chi connectivity index (χ3v) is 4.23. The van der Waals surface area contributed by atoms with E-state index < -0.39 is 6.36 Å². The Morgan fingerprint density at radius 1 is 1.12 bits per heavy atom. The monoisotopic (exact) mass is 412 g/mol. The molecule has 8 heteroatoms. The van der Waals surface area contributed by atoms with E-state index in [0.29, 0.717) is 21.1 Å². The normalized spacial score (nSPS) is 11.7. The molecule has 0 saturated carbocycles. The molecule has 25 heavy (non-hydrogen) atoms. The van der Waals surface area contributed by atoms with Crippen molar-refractivity contribution in [3.8, 4) is 11.4 Å². The minimum atomic E-state index is -4.76. The highest BCUT2D eigenvalue weighted by molar-refractivity contribution is 9.10. The summed E-state index contributed by atoms with van der Waals surface area (Å²) in [7, 11) is 0. The zero-order valence-corrected chi connectivity index (χ0v) is 14.6. The van der Waals surface area contributed by atoms with Gasteiger partial charge in [-0.1, -0.05) is 13.0 Å². The van der Waals surface area contributed by atoms with E-state index in [1.807, 2.05) is 19.1 Å². The molecule has 0 aliphatic heterocycles. The quantitative estimate of drug-likeness (QED) is 0.630. The first-order valence-corrected chi connectivity index (χ1v) is 8.15. The molecule has 1 heterocycles. The maximum absolute atomic E-state index is 12.7. The summed E-state index contributed by atoms with van der Waals surface area (Å²) in [5.41, 5.74) is 1.05. The van der Waals surface area contributed by atoms with Crippen LogP contribution in [0.25, 0.3) is 16.5 Å². The molecule has 0 radical (unpaired) electrons. The second kappa shape index (κ2) is 6.51. The lowest BCUT2D eigenvalue weighted by Crippen LogP contribution is -2.22. The standard InChI is InChI=1S/C17H12BrF3N2O2/c1-2-10-3-8-13-14(9-10)15(18)22-23(16(13)24)11-4-6-12(7-5-11)25-17(19,20)21/h3-9H,2H2,1H3. The van der Waals surface area contributed by atoms with Crippen LogP contribution in [0.3, 0.4) is 0 Å². The number of hydrogen-bond acceptors (Lipinski definition) is 3. The van der Waals surface area contributed by atoms with Crippen molar-refractivity contribution in [2.45, 2.75) is 19.7 Å². The van der Waals surface area contributed by atoms with Crippen LogP contribution in [-0.2, 0) is 6.42 Å². The number of aryl methyl sites for hydroxylation is 1. The molecule has 0 spiro atoms. The summed E-state index contributed by atoms with van der Waals surface area (Å²) >= 11 is 3.35. The first kappa shape index (κ1) is 17.5. The summed E-state index contributed by atoms with van der Waals surface area (Å²) in [4.78, 5) is 12.7. The van der Waals surface area contributed by atoms with Crippen LogP contribution < -0.4 is 10.3 Å². The zero-order chi connectivity index (χ0) is 18.2. The van der Waals surface area contributed by atoms with Crippen LogP contribution in [0.4, 0.5) is 13.2 Å². The highest BCUT2D eigenvalue weighted by Gasteiger charge is 2.31. The second-order valence-corrected chi connectivity index (χ2v) is 6.03. The molecule has 3 rings (SSSR count). The Hall–Kier alpha value is -2.35. The largest absolute Gasteiger partial charge is 0.573 e. The summed E-state index contributed by atoms with van der Waals surface area (Å²) in [5, 5.41) is 5.37. The number of alkyl halides is 3. The lowest BCUT2D eigenvalue weighted by Gasteiger charge is -2.11. The fraction of sp³-hybridized carbons (Fsp3) is 0.176. The molecule has 0 fully saturated rings. The van der Waals surface area contributed by atoms with Crippen molar-refractivity contribution in [1.82, 2.24) is 9.78 Å². The molecular weight excluding hydrogens is 401 g/mol. The van der Waals surface area contributed by atoms with Gasteiger partial charge < -0.3 is 4.74 Å². The van der Waals surface area contributed by atoms with Crippen LogP contribution in [0.2, 0.25) is 0 Å². The number of hydrogen-bond donors (Lipinski definition) is 0. The average molecular weight is 413 g/mol. The maximum Gasteiger partial charge on any atom is 0.573 e. The Morgan fingerprint density at radius 2 is 1.80 bits per heavy atom. The Kier molecular flexibility index (Phi) is 4.55. The fourth-order valence-corrected chi connectivity index (χ4v) is 2.92. The number of ether oxygens (including phenoxy) is 1. The molecule has 0 atom stereocenters. The van der Waals surface area contributed by atoms with E-state index in [-0.39, 0.29) is 11.3 Å². The van der Waals surface area contributed by atoms with Crippen molar-refractivity contribution in [2.24, 2.45) is 0 Å².